The SMILES string of the molecule is CC(NS(=O)(=O)N1CCOCC1)C(C)C(=O)O. The third-order valence-corrected chi connectivity index (χ3v) is 4.50. The molecule has 100 valence electrons. The van der Waals surface area contributed by atoms with Crippen molar-refractivity contribution in [2.45, 2.75) is 19.9 Å². The van der Waals surface area contributed by atoms with Crippen molar-refractivity contribution in [2.75, 3.05) is 26.3 Å². The molecule has 1 heterocycles. The van der Waals surface area contributed by atoms with Crippen LogP contribution in [0.4, 0.5) is 0 Å². The van der Waals surface area contributed by atoms with Crippen molar-refractivity contribution in [3.05, 3.63) is 0 Å². The molecule has 1 aliphatic rings. The number of carbonyl (C=O) groups is 1. The first kappa shape index (κ1) is 14.4. The van der Waals surface area contributed by atoms with Gasteiger partial charge in [-0.15, -0.1) is 0 Å². The fourth-order valence-corrected chi connectivity index (χ4v) is 2.87. The highest BCUT2D eigenvalue weighted by atomic mass is 32.2. The van der Waals surface area contributed by atoms with E-state index in [9.17, 15) is 13.2 Å². The fraction of sp³-hybridized carbons (Fsp3) is 0.889. The molecule has 8 heteroatoms. The molecule has 0 aromatic rings. The predicted molar refractivity (Wildman–Crippen MR) is 60.7 cm³/mol. The van der Waals surface area contributed by atoms with Crippen LogP contribution in [0.2, 0.25) is 0 Å². The van der Waals surface area contributed by atoms with Crippen molar-refractivity contribution in [2.24, 2.45) is 5.92 Å². The van der Waals surface area contributed by atoms with Gasteiger partial charge in [-0.2, -0.15) is 17.4 Å². The highest BCUT2D eigenvalue weighted by Gasteiger charge is 2.29. The normalized spacial score (nSPS) is 22.0. The Kier molecular flexibility index (Phi) is 4.87. The van der Waals surface area contributed by atoms with Crippen molar-refractivity contribution < 1.29 is 23.1 Å². The van der Waals surface area contributed by atoms with Crippen LogP contribution in [0.15, 0.2) is 0 Å². The van der Waals surface area contributed by atoms with E-state index in [0.29, 0.717) is 26.3 Å². The molecule has 7 nitrogen and oxygen atoms in total. The lowest BCUT2D eigenvalue weighted by atomic mass is 10.1. The maximum Gasteiger partial charge on any atom is 0.307 e. The van der Waals surface area contributed by atoms with Gasteiger partial charge in [0.1, 0.15) is 0 Å². The maximum absolute atomic E-state index is 11.9. The molecule has 0 bridgehead atoms. The summed E-state index contributed by atoms with van der Waals surface area (Å²) in [4.78, 5) is 10.7. The molecule has 0 aliphatic carbocycles. The summed E-state index contributed by atoms with van der Waals surface area (Å²) in [6, 6.07) is -0.652. The zero-order chi connectivity index (χ0) is 13.1. The monoisotopic (exact) mass is 266 g/mol. The fourth-order valence-electron chi connectivity index (χ4n) is 1.41. The highest BCUT2D eigenvalue weighted by Crippen LogP contribution is 2.08. The van der Waals surface area contributed by atoms with Crippen LogP contribution in [0.5, 0.6) is 0 Å². The first-order chi connectivity index (χ1) is 7.84. The third-order valence-electron chi connectivity index (χ3n) is 2.78. The van der Waals surface area contributed by atoms with E-state index in [1.54, 1.807) is 0 Å². The van der Waals surface area contributed by atoms with E-state index >= 15 is 0 Å². The number of morpholine rings is 1. The van der Waals surface area contributed by atoms with Crippen molar-refractivity contribution in [1.82, 2.24) is 9.03 Å². The van der Waals surface area contributed by atoms with Crippen LogP contribution in [0.25, 0.3) is 0 Å². The zero-order valence-electron chi connectivity index (χ0n) is 9.92. The molecule has 1 aliphatic heterocycles. The van der Waals surface area contributed by atoms with E-state index in [1.807, 2.05) is 0 Å². The molecule has 0 aromatic heterocycles. The van der Waals surface area contributed by atoms with E-state index in [4.69, 9.17) is 9.84 Å². The van der Waals surface area contributed by atoms with Crippen LogP contribution < -0.4 is 4.72 Å². The zero-order valence-corrected chi connectivity index (χ0v) is 10.7. The number of nitrogens with one attached hydrogen (secondary N) is 1. The first-order valence-electron chi connectivity index (χ1n) is 5.42. The van der Waals surface area contributed by atoms with Gasteiger partial charge in [-0.05, 0) is 6.92 Å². The number of hydrogen-bond donors (Lipinski definition) is 2. The second-order valence-corrected chi connectivity index (χ2v) is 5.75. The van der Waals surface area contributed by atoms with Gasteiger partial charge in [0.2, 0.25) is 0 Å². The number of nitrogens with zero attached hydrogens (tertiary/aromatic N) is 1. The van der Waals surface area contributed by atoms with Gasteiger partial charge in [0, 0.05) is 19.1 Å². The van der Waals surface area contributed by atoms with E-state index in [2.05, 4.69) is 4.72 Å². The largest absolute Gasteiger partial charge is 0.481 e. The van der Waals surface area contributed by atoms with Gasteiger partial charge in [0.25, 0.3) is 10.2 Å². The van der Waals surface area contributed by atoms with Crippen LogP contribution in [-0.2, 0) is 19.7 Å². The minimum atomic E-state index is -3.62. The maximum atomic E-state index is 11.9. The average molecular weight is 266 g/mol. The lowest BCUT2D eigenvalue weighted by Gasteiger charge is -2.28. The summed E-state index contributed by atoms with van der Waals surface area (Å²) in [5.41, 5.74) is 0. The standard InChI is InChI=1S/C9H18N2O5S/c1-7(9(12)13)8(2)10-17(14,15)11-3-5-16-6-4-11/h7-8,10H,3-6H2,1-2H3,(H,12,13). The Morgan fingerprint density at radius 1 is 1.35 bits per heavy atom. The number of aliphatic carboxylic acids is 1. The Morgan fingerprint density at radius 2 is 1.88 bits per heavy atom. The van der Waals surface area contributed by atoms with Gasteiger partial charge in [-0.25, -0.2) is 0 Å². The second kappa shape index (κ2) is 5.76. The molecule has 1 rings (SSSR count). The summed E-state index contributed by atoms with van der Waals surface area (Å²) in [6.07, 6.45) is 0. The van der Waals surface area contributed by atoms with E-state index in [1.165, 1.54) is 18.2 Å². The van der Waals surface area contributed by atoms with Gasteiger partial charge in [-0.1, -0.05) is 6.92 Å². The minimum Gasteiger partial charge on any atom is -0.481 e. The number of rotatable bonds is 5. The average Bonchev–Trinajstić information content (AvgIpc) is 2.28. The molecular formula is C9H18N2O5S. The molecule has 1 saturated heterocycles. The number of carboxylic acid groups (broad SMARTS) is 1. The molecule has 0 radical (unpaired) electrons. The molecule has 0 saturated carbocycles. The summed E-state index contributed by atoms with van der Waals surface area (Å²) in [5, 5.41) is 8.79. The topological polar surface area (TPSA) is 95.9 Å². The Hall–Kier alpha value is -0.700. The van der Waals surface area contributed by atoms with Crippen molar-refractivity contribution in [1.29, 1.82) is 0 Å². The molecule has 2 N–H and O–H groups in total. The Morgan fingerprint density at radius 3 is 2.35 bits per heavy atom. The van der Waals surface area contributed by atoms with Gasteiger partial charge in [0.05, 0.1) is 19.1 Å². The highest BCUT2D eigenvalue weighted by molar-refractivity contribution is 7.87. The van der Waals surface area contributed by atoms with E-state index in [-0.39, 0.29) is 0 Å². The van der Waals surface area contributed by atoms with Crippen LogP contribution in [0, 0.1) is 5.92 Å². The van der Waals surface area contributed by atoms with Crippen LogP contribution >= 0.6 is 0 Å². The molecule has 0 spiro atoms. The smallest absolute Gasteiger partial charge is 0.307 e. The Bertz CT molecular complexity index is 364. The molecular weight excluding hydrogens is 248 g/mol. The summed E-state index contributed by atoms with van der Waals surface area (Å²) in [7, 11) is -3.62. The molecule has 0 aromatic carbocycles. The van der Waals surface area contributed by atoms with Crippen LogP contribution in [-0.4, -0.2) is 56.1 Å². The molecule has 0 amide bonds. The predicted octanol–water partition coefficient (Wildman–Crippen LogP) is -0.738. The number of carboxylic acids is 1. The van der Waals surface area contributed by atoms with Gasteiger partial charge in [-0.3, -0.25) is 4.79 Å². The summed E-state index contributed by atoms with van der Waals surface area (Å²) >= 11 is 0. The number of ether oxygens (including phenoxy) is 1. The Balaban J connectivity index is 2.62. The Labute approximate surface area is 101 Å². The summed E-state index contributed by atoms with van der Waals surface area (Å²) in [6.45, 7) is 4.33. The van der Waals surface area contributed by atoms with E-state index < -0.39 is 28.1 Å². The quantitative estimate of drug-likeness (QED) is 0.683. The summed E-state index contributed by atoms with van der Waals surface area (Å²) in [5.74, 6) is -1.80. The minimum absolute atomic E-state index is 0.295. The first-order valence-corrected chi connectivity index (χ1v) is 6.86. The lowest BCUT2D eigenvalue weighted by molar-refractivity contribution is -0.141. The van der Waals surface area contributed by atoms with Crippen LogP contribution in [0.3, 0.4) is 0 Å². The van der Waals surface area contributed by atoms with Gasteiger partial charge in [0.15, 0.2) is 0 Å². The summed E-state index contributed by atoms with van der Waals surface area (Å²) < 4.78 is 32.5. The number of hydrogen-bond acceptors (Lipinski definition) is 4. The molecule has 1 fully saturated rings. The molecule has 2 atom stereocenters. The molecule has 2 unspecified atom stereocenters. The van der Waals surface area contributed by atoms with Crippen molar-refractivity contribution >= 4 is 16.2 Å². The van der Waals surface area contributed by atoms with E-state index in [0.717, 1.165) is 0 Å². The van der Waals surface area contributed by atoms with Gasteiger partial charge < -0.3 is 9.84 Å². The molecule has 17 heavy (non-hydrogen) atoms. The van der Waals surface area contributed by atoms with Crippen LogP contribution in [0.1, 0.15) is 13.8 Å². The lowest BCUT2D eigenvalue weighted by Crippen LogP contribution is -2.50. The van der Waals surface area contributed by atoms with Gasteiger partial charge >= 0.3 is 5.97 Å². The second-order valence-electron chi connectivity index (χ2n) is 4.05. The van der Waals surface area contributed by atoms with Crippen molar-refractivity contribution in [3.8, 4) is 0 Å². The third kappa shape index (κ3) is 3.91. The van der Waals surface area contributed by atoms with Crippen molar-refractivity contribution in [3.63, 3.8) is 0 Å².